The Morgan fingerprint density at radius 1 is 1.04 bits per heavy atom. The van der Waals surface area contributed by atoms with Crippen molar-refractivity contribution in [2.45, 2.75) is 19.4 Å². The zero-order valence-electron chi connectivity index (χ0n) is 13.2. The molecule has 1 N–H and O–H groups in total. The van der Waals surface area contributed by atoms with Crippen LogP contribution >= 0.6 is 11.6 Å². The van der Waals surface area contributed by atoms with Crippen LogP contribution in [0.15, 0.2) is 67.0 Å². The Balaban J connectivity index is 1.50. The number of hydrogen-bond acceptors (Lipinski definition) is 2. The molecule has 0 aliphatic heterocycles. The molecule has 0 saturated heterocycles. The van der Waals surface area contributed by atoms with Crippen molar-refractivity contribution >= 4 is 23.2 Å². The van der Waals surface area contributed by atoms with Crippen molar-refractivity contribution in [1.29, 1.82) is 0 Å². The number of anilines is 1. The molecule has 1 aromatic heterocycles. The van der Waals surface area contributed by atoms with Crippen molar-refractivity contribution in [3.05, 3.63) is 83.1 Å². The molecule has 1 heterocycles. The monoisotopic (exact) mass is 339 g/mol. The Morgan fingerprint density at radius 3 is 2.54 bits per heavy atom. The van der Waals surface area contributed by atoms with Gasteiger partial charge in [0.2, 0.25) is 5.91 Å². The molecule has 0 aliphatic carbocycles. The van der Waals surface area contributed by atoms with Crippen LogP contribution in [0.3, 0.4) is 0 Å². The van der Waals surface area contributed by atoms with Gasteiger partial charge in [-0.3, -0.25) is 9.48 Å². The smallest absolute Gasteiger partial charge is 0.224 e. The van der Waals surface area contributed by atoms with Gasteiger partial charge in [-0.15, -0.1) is 0 Å². The van der Waals surface area contributed by atoms with Crippen molar-refractivity contribution in [2.75, 3.05) is 5.32 Å². The summed E-state index contributed by atoms with van der Waals surface area (Å²) in [5.41, 5.74) is 2.97. The average molecular weight is 340 g/mol. The van der Waals surface area contributed by atoms with Crippen LogP contribution in [0.4, 0.5) is 5.69 Å². The van der Waals surface area contributed by atoms with Gasteiger partial charge < -0.3 is 5.32 Å². The molecule has 0 unspecified atom stereocenters. The first-order valence-corrected chi connectivity index (χ1v) is 8.17. The molecule has 3 aromatic rings. The van der Waals surface area contributed by atoms with E-state index >= 15 is 0 Å². The number of aromatic nitrogens is 2. The molecule has 24 heavy (non-hydrogen) atoms. The second kappa shape index (κ2) is 7.79. The van der Waals surface area contributed by atoms with E-state index in [1.807, 2.05) is 65.5 Å². The van der Waals surface area contributed by atoms with Gasteiger partial charge in [-0.1, -0.05) is 54.1 Å². The lowest BCUT2D eigenvalue weighted by atomic mass is 10.1. The van der Waals surface area contributed by atoms with Gasteiger partial charge in [-0.05, 0) is 29.7 Å². The van der Waals surface area contributed by atoms with Crippen molar-refractivity contribution in [3.8, 4) is 0 Å². The minimum atomic E-state index is -0.0239. The predicted molar refractivity (Wildman–Crippen MR) is 96.2 cm³/mol. The zero-order valence-corrected chi connectivity index (χ0v) is 13.9. The van der Waals surface area contributed by atoms with Gasteiger partial charge in [0.15, 0.2) is 0 Å². The Hall–Kier alpha value is -2.59. The maximum atomic E-state index is 12.0. The molecular formula is C19H18ClN3O. The summed E-state index contributed by atoms with van der Waals surface area (Å²) in [4.78, 5) is 12.0. The van der Waals surface area contributed by atoms with Crippen LogP contribution in [-0.2, 0) is 17.8 Å². The SMILES string of the molecule is O=C(CCc1ccc(Cl)cc1)Nc1cnn(Cc2ccccc2)c1. The number of halogens is 1. The maximum absolute atomic E-state index is 12.0. The average Bonchev–Trinajstić information content (AvgIpc) is 3.02. The van der Waals surface area contributed by atoms with Gasteiger partial charge in [0.1, 0.15) is 0 Å². The van der Waals surface area contributed by atoms with Gasteiger partial charge >= 0.3 is 0 Å². The van der Waals surface area contributed by atoms with Gasteiger partial charge in [0.25, 0.3) is 0 Å². The molecule has 4 nitrogen and oxygen atoms in total. The van der Waals surface area contributed by atoms with E-state index in [9.17, 15) is 4.79 Å². The summed E-state index contributed by atoms with van der Waals surface area (Å²) in [6.07, 6.45) is 4.61. The Labute approximate surface area is 146 Å². The third-order valence-electron chi connectivity index (χ3n) is 3.66. The van der Waals surface area contributed by atoms with Gasteiger partial charge in [-0.25, -0.2) is 0 Å². The van der Waals surface area contributed by atoms with Crippen LogP contribution in [0.2, 0.25) is 5.02 Å². The summed E-state index contributed by atoms with van der Waals surface area (Å²) in [7, 11) is 0. The van der Waals surface area contributed by atoms with E-state index in [1.165, 1.54) is 5.56 Å². The number of carbonyl (C=O) groups is 1. The Bertz CT molecular complexity index is 797. The van der Waals surface area contributed by atoms with E-state index in [1.54, 1.807) is 6.20 Å². The van der Waals surface area contributed by atoms with Crippen LogP contribution in [-0.4, -0.2) is 15.7 Å². The number of rotatable bonds is 6. The molecule has 0 spiro atoms. The molecule has 0 saturated carbocycles. The molecule has 122 valence electrons. The van der Waals surface area contributed by atoms with Crippen molar-refractivity contribution in [3.63, 3.8) is 0 Å². The summed E-state index contributed by atoms with van der Waals surface area (Å²) in [6.45, 7) is 0.682. The van der Waals surface area contributed by atoms with E-state index in [0.29, 0.717) is 30.1 Å². The first kappa shape index (κ1) is 16.3. The number of aryl methyl sites for hydroxylation is 1. The number of nitrogens with one attached hydrogen (secondary N) is 1. The predicted octanol–water partition coefficient (Wildman–Crippen LogP) is 4.16. The second-order valence-corrected chi connectivity index (χ2v) is 6.02. The van der Waals surface area contributed by atoms with Gasteiger partial charge in [0, 0.05) is 17.6 Å². The normalized spacial score (nSPS) is 10.5. The summed E-state index contributed by atoms with van der Waals surface area (Å²) in [6, 6.07) is 17.6. The van der Waals surface area contributed by atoms with Gasteiger partial charge in [0.05, 0.1) is 18.4 Å². The Kier molecular flexibility index (Phi) is 5.29. The van der Waals surface area contributed by atoms with Crippen LogP contribution in [0.5, 0.6) is 0 Å². The van der Waals surface area contributed by atoms with Crippen molar-refractivity contribution < 1.29 is 4.79 Å². The van der Waals surface area contributed by atoms with Crippen LogP contribution < -0.4 is 5.32 Å². The fraction of sp³-hybridized carbons (Fsp3) is 0.158. The van der Waals surface area contributed by atoms with Crippen LogP contribution in [0, 0.1) is 0 Å². The molecule has 0 fully saturated rings. The minimum absolute atomic E-state index is 0.0239. The highest BCUT2D eigenvalue weighted by Gasteiger charge is 2.06. The second-order valence-electron chi connectivity index (χ2n) is 5.59. The largest absolute Gasteiger partial charge is 0.323 e. The third-order valence-corrected chi connectivity index (χ3v) is 3.91. The van der Waals surface area contributed by atoms with E-state index in [2.05, 4.69) is 10.4 Å². The van der Waals surface area contributed by atoms with E-state index in [0.717, 1.165) is 5.56 Å². The lowest BCUT2D eigenvalue weighted by molar-refractivity contribution is -0.116. The highest BCUT2D eigenvalue weighted by molar-refractivity contribution is 6.30. The van der Waals surface area contributed by atoms with E-state index in [-0.39, 0.29) is 5.91 Å². The first-order chi connectivity index (χ1) is 11.7. The molecular weight excluding hydrogens is 322 g/mol. The standard InChI is InChI=1S/C19H18ClN3O/c20-17-9-6-15(7-10-17)8-11-19(24)22-18-12-21-23(14-18)13-16-4-2-1-3-5-16/h1-7,9-10,12,14H,8,11,13H2,(H,22,24). The highest BCUT2D eigenvalue weighted by Crippen LogP contribution is 2.12. The molecule has 0 radical (unpaired) electrons. The third kappa shape index (κ3) is 4.70. The molecule has 0 aliphatic rings. The lowest BCUT2D eigenvalue weighted by Crippen LogP contribution is -2.11. The zero-order chi connectivity index (χ0) is 16.8. The maximum Gasteiger partial charge on any atom is 0.224 e. The minimum Gasteiger partial charge on any atom is -0.323 e. The van der Waals surface area contributed by atoms with E-state index < -0.39 is 0 Å². The lowest BCUT2D eigenvalue weighted by Gasteiger charge is -2.03. The van der Waals surface area contributed by atoms with Crippen LogP contribution in [0.25, 0.3) is 0 Å². The Morgan fingerprint density at radius 2 is 1.79 bits per heavy atom. The number of amides is 1. The van der Waals surface area contributed by atoms with Crippen molar-refractivity contribution in [1.82, 2.24) is 9.78 Å². The number of nitrogens with zero attached hydrogens (tertiary/aromatic N) is 2. The first-order valence-electron chi connectivity index (χ1n) is 7.80. The van der Waals surface area contributed by atoms with Crippen LogP contribution in [0.1, 0.15) is 17.5 Å². The fourth-order valence-electron chi connectivity index (χ4n) is 2.42. The fourth-order valence-corrected chi connectivity index (χ4v) is 2.54. The molecule has 1 amide bonds. The quantitative estimate of drug-likeness (QED) is 0.733. The number of carbonyl (C=O) groups excluding carboxylic acids is 1. The number of hydrogen-bond donors (Lipinski definition) is 1. The summed E-state index contributed by atoms with van der Waals surface area (Å²) in [5.74, 6) is -0.0239. The number of benzene rings is 2. The highest BCUT2D eigenvalue weighted by atomic mass is 35.5. The molecule has 0 atom stereocenters. The molecule has 2 aromatic carbocycles. The summed E-state index contributed by atoms with van der Waals surface area (Å²) in [5, 5.41) is 7.86. The topological polar surface area (TPSA) is 46.9 Å². The van der Waals surface area contributed by atoms with Crippen molar-refractivity contribution in [2.24, 2.45) is 0 Å². The molecule has 3 rings (SSSR count). The molecule has 0 bridgehead atoms. The van der Waals surface area contributed by atoms with E-state index in [4.69, 9.17) is 11.6 Å². The summed E-state index contributed by atoms with van der Waals surface area (Å²) < 4.78 is 1.81. The van der Waals surface area contributed by atoms with Gasteiger partial charge in [-0.2, -0.15) is 5.10 Å². The molecule has 5 heteroatoms. The summed E-state index contributed by atoms with van der Waals surface area (Å²) >= 11 is 5.85.